The average Bonchev–Trinajstić information content (AvgIpc) is 2.25. The Hall–Kier alpha value is -1.34. The van der Waals surface area contributed by atoms with Crippen LogP contribution in [0.2, 0.25) is 0 Å². The van der Waals surface area contributed by atoms with Crippen molar-refractivity contribution in [1.82, 2.24) is 5.32 Å². The Labute approximate surface area is 106 Å². The van der Waals surface area contributed by atoms with E-state index in [1.807, 2.05) is 0 Å². The number of rotatable bonds is 8. The van der Waals surface area contributed by atoms with Crippen molar-refractivity contribution in [3.63, 3.8) is 0 Å². The molecule has 0 saturated heterocycles. The monoisotopic (exact) mass is 263 g/mol. The normalized spacial score (nSPS) is 14.1. The number of hydrogen-bond donors (Lipinski definition) is 2. The second-order valence-electron chi connectivity index (χ2n) is 4.04. The topological polar surface area (TPSA) is 94.1 Å². The summed E-state index contributed by atoms with van der Waals surface area (Å²) in [4.78, 5) is 22.3. The zero-order valence-electron chi connectivity index (χ0n) is 11.1. The highest BCUT2D eigenvalue weighted by Crippen LogP contribution is 2.03. The molecule has 2 N–H and O–H groups in total. The van der Waals surface area contributed by atoms with E-state index in [4.69, 9.17) is 19.3 Å². The molecule has 18 heavy (non-hydrogen) atoms. The van der Waals surface area contributed by atoms with E-state index in [1.54, 1.807) is 20.8 Å². The third kappa shape index (κ3) is 7.08. The highest BCUT2D eigenvalue weighted by Gasteiger charge is 2.24. The summed E-state index contributed by atoms with van der Waals surface area (Å²) in [6.07, 6.45) is -1.58. The Morgan fingerprint density at radius 3 is 2.28 bits per heavy atom. The van der Waals surface area contributed by atoms with Crippen molar-refractivity contribution < 1.29 is 28.9 Å². The molecule has 0 radical (unpaired) electrons. The maximum Gasteiger partial charge on any atom is 0.410 e. The van der Waals surface area contributed by atoms with Crippen LogP contribution >= 0.6 is 0 Å². The number of carbonyl (C=O) groups excluding carboxylic acids is 1. The summed E-state index contributed by atoms with van der Waals surface area (Å²) in [6.45, 7) is 5.60. The quantitative estimate of drug-likeness (QED) is 0.497. The van der Waals surface area contributed by atoms with Gasteiger partial charge in [0.05, 0.1) is 13.2 Å². The number of methoxy groups -OCH3 is 1. The number of ether oxygens (including phenoxy) is 3. The van der Waals surface area contributed by atoms with Gasteiger partial charge in [0, 0.05) is 7.11 Å². The number of carboxylic acid groups (broad SMARTS) is 1. The SMILES string of the molecule is COCCOC(C)OC(=O)NC(C(=O)O)C(C)C. The number of aliphatic carboxylic acids is 1. The van der Waals surface area contributed by atoms with Crippen LogP contribution in [0.4, 0.5) is 4.79 Å². The van der Waals surface area contributed by atoms with Crippen LogP contribution in [-0.2, 0) is 19.0 Å². The van der Waals surface area contributed by atoms with Gasteiger partial charge in [-0.05, 0) is 12.8 Å². The average molecular weight is 263 g/mol. The molecule has 0 aliphatic carbocycles. The fraction of sp³-hybridized carbons (Fsp3) is 0.818. The first-order chi connectivity index (χ1) is 8.38. The number of alkyl carbamates (subject to hydrolysis) is 1. The fourth-order valence-corrected chi connectivity index (χ4v) is 1.16. The molecule has 7 nitrogen and oxygen atoms in total. The molecule has 0 rings (SSSR count). The predicted molar refractivity (Wildman–Crippen MR) is 63.2 cm³/mol. The van der Waals surface area contributed by atoms with Crippen molar-refractivity contribution in [3.05, 3.63) is 0 Å². The molecule has 0 spiro atoms. The molecular weight excluding hydrogens is 242 g/mol. The number of carboxylic acids is 1. The van der Waals surface area contributed by atoms with E-state index in [0.717, 1.165) is 0 Å². The van der Waals surface area contributed by atoms with Crippen molar-refractivity contribution in [2.45, 2.75) is 33.1 Å². The second kappa shape index (κ2) is 8.71. The number of amides is 1. The van der Waals surface area contributed by atoms with Gasteiger partial charge in [-0.3, -0.25) is 0 Å². The summed E-state index contributed by atoms with van der Waals surface area (Å²) in [5, 5.41) is 11.1. The van der Waals surface area contributed by atoms with Crippen molar-refractivity contribution in [2.24, 2.45) is 5.92 Å². The Morgan fingerprint density at radius 2 is 1.83 bits per heavy atom. The van der Waals surface area contributed by atoms with Crippen molar-refractivity contribution in [1.29, 1.82) is 0 Å². The van der Waals surface area contributed by atoms with Crippen LogP contribution in [-0.4, -0.2) is 49.8 Å². The van der Waals surface area contributed by atoms with E-state index in [1.165, 1.54) is 7.11 Å². The molecule has 0 aliphatic rings. The maximum absolute atomic E-state index is 11.4. The minimum Gasteiger partial charge on any atom is -0.480 e. The fourth-order valence-electron chi connectivity index (χ4n) is 1.16. The minimum atomic E-state index is -1.10. The first-order valence-corrected chi connectivity index (χ1v) is 5.69. The first kappa shape index (κ1) is 16.7. The largest absolute Gasteiger partial charge is 0.480 e. The van der Waals surface area contributed by atoms with E-state index in [-0.39, 0.29) is 12.5 Å². The van der Waals surface area contributed by atoms with Gasteiger partial charge in [0.25, 0.3) is 0 Å². The van der Waals surface area contributed by atoms with E-state index in [0.29, 0.717) is 6.61 Å². The molecule has 1 amide bonds. The van der Waals surface area contributed by atoms with Gasteiger partial charge in [-0.25, -0.2) is 9.59 Å². The van der Waals surface area contributed by atoms with Gasteiger partial charge in [-0.1, -0.05) is 13.8 Å². The standard InChI is InChI=1S/C11H21NO6/c1-7(2)9(10(13)14)12-11(15)18-8(3)17-6-5-16-4/h7-9H,5-6H2,1-4H3,(H,12,15)(H,13,14). The molecule has 106 valence electrons. The second-order valence-corrected chi connectivity index (χ2v) is 4.04. The van der Waals surface area contributed by atoms with Gasteiger partial charge >= 0.3 is 12.1 Å². The molecule has 0 aromatic rings. The molecule has 0 bridgehead atoms. The zero-order chi connectivity index (χ0) is 14.1. The molecule has 0 heterocycles. The van der Waals surface area contributed by atoms with Crippen LogP contribution in [0.1, 0.15) is 20.8 Å². The van der Waals surface area contributed by atoms with E-state index in [9.17, 15) is 9.59 Å². The lowest BCUT2D eigenvalue weighted by Crippen LogP contribution is -2.45. The molecule has 0 saturated carbocycles. The van der Waals surface area contributed by atoms with E-state index < -0.39 is 24.4 Å². The molecule has 0 aromatic carbocycles. The Bertz CT molecular complexity index is 268. The highest BCUT2D eigenvalue weighted by molar-refractivity contribution is 5.80. The Kier molecular flexibility index (Phi) is 8.06. The lowest BCUT2D eigenvalue weighted by Gasteiger charge is -2.19. The van der Waals surface area contributed by atoms with Crippen LogP contribution in [0.25, 0.3) is 0 Å². The van der Waals surface area contributed by atoms with Crippen LogP contribution in [0.3, 0.4) is 0 Å². The van der Waals surface area contributed by atoms with Crippen molar-refractivity contribution in [2.75, 3.05) is 20.3 Å². The molecule has 0 fully saturated rings. The summed E-state index contributed by atoms with van der Waals surface area (Å²) in [5.74, 6) is -1.34. The highest BCUT2D eigenvalue weighted by atomic mass is 16.7. The van der Waals surface area contributed by atoms with Crippen LogP contribution in [0, 0.1) is 5.92 Å². The molecule has 7 heteroatoms. The third-order valence-corrected chi connectivity index (χ3v) is 2.12. The van der Waals surface area contributed by atoms with Crippen molar-refractivity contribution >= 4 is 12.1 Å². The number of hydrogen-bond acceptors (Lipinski definition) is 5. The van der Waals surface area contributed by atoms with E-state index >= 15 is 0 Å². The van der Waals surface area contributed by atoms with Crippen LogP contribution in [0.15, 0.2) is 0 Å². The minimum absolute atomic E-state index is 0.236. The molecule has 0 aromatic heterocycles. The maximum atomic E-state index is 11.4. The Morgan fingerprint density at radius 1 is 1.22 bits per heavy atom. The Balaban J connectivity index is 4.04. The summed E-state index contributed by atoms with van der Waals surface area (Å²) in [6, 6.07) is -0.983. The van der Waals surface area contributed by atoms with Gasteiger partial charge in [0.2, 0.25) is 6.29 Å². The zero-order valence-corrected chi connectivity index (χ0v) is 11.1. The smallest absolute Gasteiger partial charge is 0.410 e. The summed E-state index contributed by atoms with van der Waals surface area (Å²) in [5.41, 5.74) is 0. The van der Waals surface area contributed by atoms with Gasteiger partial charge < -0.3 is 24.6 Å². The van der Waals surface area contributed by atoms with Crippen molar-refractivity contribution in [3.8, 4) is 0 Å². The van der Waals surface area contributed by atoms with Crippen LogP contribution < -0.4 is 5.32 Å². The van der Waals surface area contributed by atoms with E-state index in [2.05, 4.69) is 5.32 Å². The van der Waals surface area contributed by atoms with Crippen LogP contribution in [0.5, 0.6) is 0 Å². The predicted octanol–water partition coefficient (Wildman–Crippen LogP) is 0.831. The molecule has 2 atom stereocenters. The molecular formula is C11H21NO6. The summed E-state index contributed by atoms with van der Waals surface area (Å²) >= 11 is 0. The number of carbonyl (C=O) groups is 2. The number of nitrogens with one attached hydrogen (secondary N) is 1. The summed E-state index contributed by atoms with van der Waals surface area (Å²) < 4.78 is 14.7. The third-order valence-electron chi connectivity index (χ3n) is 2.12. The summed E-state index contributed by atoms with van der Waals surface area (Å²) in [7, 11) is 1.53. The van der Waals surface area contributed by atoms with Gasteiger partial charge in [-0.15, -0.1) is 0 Å². The lowest BCUT2D eigenvalue weighted by molar-refractivity contribution is -0.141. The molecule has 2 unspecified atom stereocenters. The molecule has 0 aliphatic heterocycles. The van der Waals surface area contributed by atoms with Gasteiger partial charge in [0.1, 0.15) is 6.04 Å². The first-order valence-electron chi connectivity index (χ1n) is 5.69. The van der Waals surface area contributed by atoms with Gasteiger partial charge in [-0.2, -0.15) is 0 Å². The lowest BCUT2D eigenvalue weighted by atomic mass is 10.1. The van der Waals surface area contributed by atoms with Gasteiger partial charge in [0.15, 0.2) is 0 Å².